The molecule has 1 unspecified atom stereocenters. The molecule has 12 heteroatoms. The number of amidine groups is 1. The lowest BCUT2D eigenvalue weighted by Gasteiger charge is -2.28. The lowest BCUT2D eigenvalue weighted by Crippen LogP contribution is -3.10. The topological polar surface area (TPSA) is 136 Å². The summed E-state index contributed by atoms with van der Waals surface area (Å²) < 4.78 is 5.16. The molecule has 0 bridgehead atoms. The highest BCUT2D eigenvalue weighted by atomic mass is 16.5. The summed E-state index contributed by atoms with van der Waals surface area (Å²) in [5, 5.41) is 13.4. The van der Waals surface area contributed by atoms with Crippen molar-refractivity contribution in [3.63, 3.8) is 0 Å². The van der Waals surface area contributed by atoms with Gasteiger partial charge in [0.2, 0.25) is 23.3 Å². The molecule has 190 valence electrons. The third-order valence-electron chi connectivity index (χ3n) is 6.65. The molecule has 1 aliphatic carbocycles. The second kappa shape index (κ2) is 9.21. The molecule has 3 aliphatic heterocycles. The van der Waals surface area contributed by atoms with E-state index < -0.39 is 5.97 Å². The van der Waals surface area contributed by atoms with E-state index in [1.54, 1.807) is 13.1 Å². The van der Waals surface area contributed by atoms with Gasteiger partial charge in [-0.25, -0.2) is 14.5 Å². The first-order valence-corrected chi connectivity index (χ1v) is 12.3. The Hall–Kier alpha value is -4.45. The Morgan fingerprint density at radius 2 is 2.05 bits per heavy atom. The molecule has 1 atom stereocenters. The zero-order chi connectivity index (χ0) is 25.5. The van der Waals surface area contributed by atoms with Gasteiger partial charge in [0.15, 0.2) is 5.82 Å². The number of hydrogen-bond acceptors (Lipinski definition) is 8. The molecule has 2 aromatic rings. The number of aromatic amines is 1. The van der Waals surface area contributed by atoms with Crippen LogP contribution in [0.5, 0.6) is 0 Å². The van der Waals surface area contributed by atoms with Crippen LogP contribution in [0, 0.1) is 0 Å². The predicted molar refractivity (Wildman–Crippen MR) is 133 cm³/mol. The summed E-state index contributed by atoms with van der Waals surface area (Å²) in [7, 11) is 0. The second-order valence-electron chi connectivity index (χ2n) is 9.31. The maximum absolute atomic E-state index is 12.4. The number of benzene rings is 1. The van der Waals surface area contributed by atoms with Crippen molar-refractivity contribution in [2.24, 2.45) is 4.99 Å². The number of urea groups is 1. The number of quaternary nitrogens is 1. The highest BCUT2D eigenvalue weighted by molar-refractivity contribution is 6.01. The quantitative estimate of drug-likeness (QED) is 0.309. The van der Waals surface area contributed by atoms with Gasteiger partial charge in [0.1, 0.15) is 12.7 Å². The van der Waals surface area contributed by atoms with Crippen molar-refractivity contribution < 1.29 is 24.0 Å². The number of hydrogen-bond donors (Lipinski definition) is 4. The minimum absolute atomic E-state index is 0.0339. The number of ether oxygens (including phenoxy) is 1. The lowest BCUT2D eigenvalue weighted by molar-refractivity contribution is -0.698. The first kappa shape index (κ1) is 23.0. The highest BCUT2D eigenvalue weighted by Crippen LogP contribution is 2.39. The molecule has 4 heterocycles. The van der Waals surface area contributed by atoms with Crippen LogP contribution < -0.4 is 20.4 Å². The monoisotopic (exact) mass is 503 g/mol. The van der Waals surface area contributed by atoms with Crippen molar-refractivity contribution in [2.75, 3.05) is 29.9 Å². The SMILES string of the molecule is CCOC(=O)C1=C[NH+]2C(Nc3cc(C4CC4)[nH]n3)=CN(c3ccc(CN4C(=O)CNC4=O)cc3)CC2=N1. The van der Waals surface area contributed by atoms with Gasteiger partial charge in [-0.05, 0) is 37.5 Å². The molecular weight excluding hydrogens is 476 g/mol. The summed E-state index contributed by atoms with van der Waals surface area (Å²) in [6, 6.07) is 9.29. The van der Waals surface area contributed by atoms with Gasteiger partial charge >= 0.3 is 12.0 Å². The molecule has 3 amide bonds. The number of rotatable bonds is 8. The average molecular weight is 504 g/mol. The van der Waals surface area contributed by atoms with Gasteiger partial charge in [0.25, 0.3) is 0 Å². The standard InChI is InChI=1S/C25H26N8O4/c1-2-37-24(35)19-12-32-21(27-19)13-31(14-22(32)28-20-9-18(29-30-20)16-5-6-16)17-7-3-15(4-8-17)11-33-23(34)10-26-25(33)36/h3-4,7-9,12,14,16H,2,5-6,10-11,13H2,1H3,(H,26,36)(H2,28,29,30)/p+1. The molecule has 37 heavy (non-hydrogen) atoms. The Balaban J connectivity index is 1.25. The third kappa shape index (κ3) is 4.58. The number of esters is 1. The minimum Gasteiger partial charge on any atom is -0.461 e. The maximum Gasteiger partial charge on any atom is 0.362 e. The van der Waals surface area contributed by atoms with E-state index in [1.807, 2.05) is 41.4 Å². The third-order valence-corrected chi connectivity index (χ3v) is 6.65. The van der Waals surface area contributed by atoms with E-state index in [0.29, 0.717) is 18.3 Å². The number of aromatic nitrogens is 2. The van der Waals surface area contributed by atoms with Crippen LogP contribution in [0.15, 0.2) is 59.2 Å². The Labute approximate surface area is 212 Å². The lowest BCUT2D eigenvalue weighted by atomic mass is 10.1. The number of fused-ring (bicyclic) bond motifs is 1. The number of carbonyl (C=O) groups is 3. The highest BCUT2D eigenvalue weighted by Gasteiger charge is 2.37. The van der Waals surface area contributed by atoms with Crippen LogP contribution in [-0.4, -0.2) is 58.5 Å². The second-order valence-corrected chi connectivity index (χ2v) is 9.31. The fourth-order valence-corrected chi connectivity index (χ4v) is 4.55. The van der Waals surface area contributed by atoms with Gasteiger partial charge in [-0.15, -0.1) is 0 Å². The summed E-state index contributed by atoms with van der Waals surface area (Å²) in [6.07, 6.45) is 6.06. The summed E-state index contributed by atoms with van der Waals surface area (Å²) in [4.78, 5) is 44.8. The van der Waals surface area contributed by atoms with Crippen molar-refractivity contribution in [1.82, 2.24) is 20.4 Å². The van der Waals surface area contributed by atoms with Crippen LogP contribution in [0.3, 0.4) is 0 Å². The number of aliphatic imine (C=N–C) groups is 1. The fraction of sp³-hybridized carbons (Fsp3) is 0.320. The molecule has 0 spiro atoms. The van der Waals surface area contributed by atoms with Crippen LogP contribution in [0.1, 0.15) is 36.9 Å². The summed E-state index contributed by atoms with van der Waals surface area (Å²) >= 11 is 0. The summed E-state index contributed by atoms with van der Waals surface area (Å²) in [5.41, 5.74) is 3.12. The predicted octanol–water partition coefficient (Wildman–Crippen LogP) is 0.771. The molecular formula is C25H27N8O4+. The van der Waals surface area contributed by atoms with Gasteiger partial charge in [-0.3, -0.25) is 20.1 Å². The smallest absolute Gasteiger partial charge is 0.362 e. The van der Waals surface area contributed by atoms with Gasteiger partial charge in [-0.1, -0.05) is 12.1 Å². The largest absolute Gasteiger partial charge is 0.461 e. The van der Waals surface area contributed by atoms with E-state index in [4.69, 9.17) is 4.74 Å². The van der Waals surface area contributed by atoms with Crippen molar-refractivity contribution in [3.8, 4) is 0 Å². The molecule has 1 aromatic carbocycles. The zero-order valence-electron chi connectivity index (χ0n) is 20.3. The number of nitrogens with zero attached hydrogens (tertiary/aromatic N) is 4. The Morgan fingerprint density at radius 1 is 1.24 bits per heavy atom. The van der Waals surface area contributed by atoms with Crippen molar-refractivity contribution in [2.45, 2.75) is 32.2 Å². The van der Waals surface area contributed by atoms with E-state index in [0.717, 1.165) is 33.5 Å². The van der Waals surface area contributed by atoms with Crippen LogP contribution in [0.25, 0.3) is 0 Å². The maximum atomic E-state index is 12.4. The van der Waals surface area contributed by atoms with E-state index in [1.165, 1.54) is 17.7 Å². The molecule has 4 N–H and O–H groups in total. The number of anilines is 2. The first-order valence-electron chi connectivity index (χ1n) is 12.3. The molecule has 6 rings (SSSR count). The Morgan fingerprint density at radius 3 is 2.76 bits per heavy atom. The number of H-pyrrole nitrogens is 1. The van der Waals surface area contributed by atoms with Gasteiger partial charge < -0.3 is 15.0 Å². The van der Waals surface area contributed by atoms with Crippen LogP contribution in [-0.2, 0) is 20.9 Å². The molecule has 4 aliphatic rings. The van der Waals surface area contributed by atoms with Crippen molar-refractivity contribution in [1.29, 1.82) is 0 Å². The van der Waals surface area contributed by atoms with Crippen molar-refractivity contribution in [3.05, 3.63) is 65.5 Å². The molecule has 0 radical (unpaired) electrons. The van der Waals surface area contributed by atoms with Crippen LogP contribution in [0.2, 0.25) is 0 Å². The molecule has 12 nitrogen and oxygen atoms in total. The summed E-state index contributed by atoms with van der Waals surface area (Å²) in [6.45, 7) is 2.75. The molecule has 1 aromatic heterocycles. The van der Waals surface area contributed by atoms with Gasteiger partial charge in [0.05, 0.1) is 25.9 Å². The van der Waals surface area contributed by atoms with E-state index >= 15 is 0 Å². The molecule has 2 fully saturated rings. The van der Waals surface area contributed by atoms with Crippen LogP contribution in [0.4, 0.5) is 16.3 Å². The first-order chi connectivity index (χ1) is 18.0. The molecule has 1 saturated carbocycles. The summed E-state index contributed by atoms with van der Waals surface area (Å²) in [5.74, 6) is 2.06. The fourth-order valence-electron chi connectivity index (χ4n) is 4.55. The van der Waals surface area contributed by atoms with E-state index in [9.17, 15) is 14.4 Å². The van der Waals surface area contributed by atoms with Crippen LogP contribution >= 0.6 is 0 Å². The van der Waals surface area contributed by atoms with E-state index in [2.05, 4.69) is 25.8 Å². The van der Waals surface area contributed by atoms with Gasteiger partial charge in [-0.2, -0.15) is 10.1 Å². The number of carbonyl (C=O) groups excluding carboxylic acids is 3. The average Bonchev–Trinajstić information content (AvgIpc) is 3.34. The number of imide groups is 1. The zero-order valence-corrected chi connectivity index (χ0v) is 20.3. The Kier molecular flexibility index (Phi) is 5.72. The van der Waals surface area contributed by atoms with Crippen molar-refractivity contribution >= 4 is 35.2 Å². The normalized spacial score (nSPS) is 20.8. The Bertz CT molecular complexity index is 1340. The van der Waals surface area contributed by atoms with Gasteiger partial charge in [0, 0.05) is 23.4 Å². The number of amides is 3. The molecule has 1 saturated heterocycles. The van der Waals surface area contributed by atoms with E-state index in [-0.39, 0.29) is 37.3 Å². The minimum atomic E-state index is -0.455. The number of nitrogens with one attached hydrogen (secondary N) is 4.